The molecule has 0 aliphatic carbocycles. The average Bonchev–Trinajstić information content (AvgIpc) is 3.67. The van der Waals surface area contributed by atoms with Crippen molar-refractivity contribution in [1.82, 2.24) is 9.97 Å². The van der Waals surface area contributed by atoms with Crippen LogP contribution in [-0.2, 0) is 16.1 Å². The van der Waals surface area contributed by atoms with Crippen molar-refractivity contribution < 1.29 is 33.1 Å². The van der Waals surface area contributed by atoms with Crippen LogP contribution in [0.1, 0.15) is 27.7 Å². The number of thiophene rings is 1. The molecule has 216 valence electrons. The summed E-state index contributed by atoms with van der Waals surface area (Å²) in [5.41, 5.74) is 2.80. The number of anilines is 1. The molecule has 1 aliphatic heterocycles. The summed E-state index contributed by atoms with van der Waals surface area (Å²) in [6.45, 7) is 4.78. The number of aromatic nitrogens is 2. The number of oxazole rings is 1. The largest absolute Gasteiger partial charge is 0.472 e. The van der Waals surface area contributed by atoms with Crippen LogP contribution in [0.3, 0.4) is 0 Å². The number of morpholine rings is 1. The van der Waals surface area contributed by atoms with Gasteiger partial charge in [-0.1, -0.05) is 23.5 Å². The number of hydrogen-bond acceptors (Lipinski definition) is 13. The average molecular weight is 592 g/mol. The number of esters is 1. The number of methoxy groups -OCH3 is 1. The molecule has 3 aromatic heterocycles. The van der Waals surface area contributed by atoms with Crippen molar-refractivity contribution in [2.75, 3.05) is 44.9 Å². The monoisotopic (exact) mass is 591 g/mol. The van der Waals surface area contributed by atoms with Gasteiger partial charge >= 0.3 is 16.9 Å². The van der Waals surface area contributed by atoms with Gasteiger partial charge in [-0.05, 0) is 25.1 Å². The zero-order valence-corrected chi connectivity index (χ0v) is 23.5. The first-order chi connectivity index (χ1) is 20.4. The predicted molar refractivity (Wildman–Crippen MR) is 151 cm³/mol. The number of carbonyl (C=O) groups excluding carboxylic acids is 1. The van der Waals surface area contributed by atoms with Crippen LogP contribution in [0.4, 0.5) is 10.7 Å². The second-order valence-electron chi connectivity index (χ2n) is 8.89. The van der Waals surface area contributed by atoms with Gasteiger partial charge in [0, 0.05) is 36.0 Å². The molecular formula is C28H25N5O8S. The summed E-state index contributed by atoms with van der Waals surface area (Å²) in [5, 5.41) is 21.2. The number of hydrogen-bond donors (Lipinski definition) is 0. The number of nitriles is 1. The third-order valence-electron chi connectivity index (χ3n) is 6.35. The summed E-state index contributed by atoms with van der Waals surface area (Å²) in [6.07, 6.45) is 1.41. The maximum Gasteiger partial charge on any atom is 0.348 e. The van der Waals surface area contributed by atoms with Gasteiger partial charge in [0.25, 0.3) is 0 Å². The fourth-order valence-corrected chi connectivity index (χ4v) is 5.23. The Morgan fingerprint density at radius 3 is 2.64 bits per heavy atom. The molecule has 1 saturated heterocycles. The molecule has 0 radical (unpaired) electrons. The van der Waals surface area contributed by atoms with E-state index in [9.17, 15) is 20.2 Å². The fourth-order valence-electron chi connectivity index (χ4n) is 4.33. The summed E-state index contributed by atoms with van der Waals surface area (Å²) < 4.78 is 27.3. The van der Waals surface area contributed by atoms with Crippen LogP contribution in [0.25, 0.3) is 22.7 Å². The highest BCUT2D eigenvalue weighted by Crippen LogP contribution is 2.36. The molecule has 0 atom stereocenters. The maximum atomic E-state index is 12.3. The Bertz CT molecular complexity index is 1640. The van der Waals surface area contributed by atoms with Gasteiger partial charge in [-0.25, -0.2) is 14.8 Å². The Labute approximate surface area is 244 Å². The Balaban J connectivity index is 1.54. The minimum atomic E-state index is -0.738. The lowest BCUT2D eigenvalue weighted by Crippen LogP contribution is -2.36. The quantitative estimate of drug-likeness (QED) is 0.140. The molecule has 4 aromatic rings. The molecule has 0 bridgehead atoms. The van der Waals surface area contributed by atoms with E-state index >= 15 is 0 Å². The Hall–Kier alpha value is -5.00. The van der Waals surface area contributed by atoms with Crippen molar-refractivity contribution in [2.45, 2.75) is 13.5 Å². The van der Waals surface area contributed by atoms with Gasteiger partial charge in [0.2, 0.25) is 11.8 Å². The van der Waals surface area contributed by atoms with Crippen molar-refractivity contribution >= 4 is 28.0 Å². The highest BCUT2D eigenvalue weighted by molar-refractivity contribution is 7.17. The lowest BCUT2D eigenvalue weighted by molar-refractivity contribution is -0.380. The van der Waals surface area contributed by atoms with Gasteiger partial charge in [-0.2, -0.15) is 5.26 Å². The molecule has 0 saturated carbocycles. The molecule has 0 amide bonds. The van der Waals surface area contributed by atoms with Gasteiger partial charge in [-0.15, -0.1) is 0 Å². The van der Waals surface area contributed by atoms with Crippen molar-refractivity contribution in [3.8, 4) is 40.6 Å². The first-order valence-electron chi connectivity index (χ1n) is 12.9. The molecule has 14 heteroatoms. The minimum Gasteiger partial charge on any atom is -0.472 e. The van der Waals surface area contributed by atoms with Crippen LogP contribution < -0.4 is 14.4 Å². The third-order valence-corrected chi connectivity index (χ3v) is 7.46. The molecular weight excluding hydrogens is 566 g/mol. The van der Waals surface area contributed by atoms with Crippen LogP contribution in [0.15, 0.2) is 47.0 Å². The summed E-state index contributed by atoms with van der Waals surface area (Å²) in [5.74, 6) is -0.503. The van der Waals surface area contributed by atoms with Crippen LogP contribution in [0.5, 0.6) is 11.8 Å². The van der Waals surface area contributed by atoms with Crippen molar-refractivity contribution in [1.29, 1.82) is 5.26 Å². The van der Waals surface area contributed by atoms with Gasteiger partial charge in [0.05, 0.1) is 43.1 Å². The van der Waals surface area contributed by atoms with Crippen LogP contribution in [-0.4, -0.2) is 60.9 Å². The zero-order valence-electron chi connectivity index (χ0n) is 22.7. The van der Waals surface area contributed by atoms with E-state index in [1.165, 1.54) is 19.4 Å². The predicted octanol–water partition coefficient (Wildman–Crippen LogP) is 4.85. The number of nitro groups is 1. The number of benzene rings is 1. The number of rotatable bonds is 10. The van der Waals surface area contributed by atoms with E-state index in [-0.39, 0.29) is 45.3 Å². The number of pyridine rings is 1. The smallest absolute Gasteiger partial charge is 0.348 e. The molecule has 0 N–H and O–H groups in total. The minimum absolute atomic E-state index is 0.0202. The Kier molecular flexibility index (Phi) is 8.60. The Morgan fingerprint density at radius 2 is 1.98 bits per heavy atom. The molecule has 0 spiro atoms. The molecule has 42 heavy (non-hydrogen) atoms. The van der Waals surface area contributed by atoms with Crippen LogP contribution in [0.2, 0.25) is 0 Å². The molecule has 13 nitrogen and oxygen atoms in total. The van der Waals surface area contributed by atoms with E-state index in [4.69, 9.17) is 23.4 Å². The van der Waals surface area contributed by atoms with Crippen LogP contribution >= 0.6 is 11.3 Å². The molecule has 4 heterocycles. The molecule has 5 rings (SSSR count). The van der Waals surface area contributed by atoms with E-state index in [0.29, 0.717) is 42.4 Å². The topological polar surface area (TPSA) is 163 Å². The van der Waals surface area contributed by atoms with E-state index in [1.54, 1.807) is 13.0 Å². The fraction of sp³-hybridized carbons (Fsp3) is 0.286. The number of ether oxygens (including phenoxy) is 4. The summed E-state index contributed by atoms with van der Waals surface area (Å²) in [6, 6.07) is 12.8. The maximum absolute atomic E-state index is 12.3. The number of nitrogens with zero attached hydrogens (tertiary/aromatic N) is 5. The van der Waals surface area contributed by atoms with E-state index in [0.717, 1.165) is 24.3 Å². The van der Waals surface area contributed by atoms with Crippen molar-refractivity contribution in [2.24, 2.45) is 0 Å². The second kappa shape index (κ2) is 12.7. The molecule has 0 unspecified atom stereocenters. The normalized spacial score (nSPS) is 12.9. The van der Waals surface area contributed by atoms with Crippen LogP contribution in [0, 0.1) is 21.4 Å². The Morgan fingerprint density at radius 1 is 1.21 bits per heavy atom. The van der Waals surface area contributed by atoms with Gasteiger partial charge in [0.15, 0.2) is 0 Å². The summed E-state index contributed by atoms with van der Waals surface area (Å²) in [7, 11) is 1.18. The molecule has 1 aromatic carbocycles. The van der Waals surface area contributed by atoms with E-state index in [1.807, 2.05) is 24.3 Å². The van der Waals surface area contributed by atoms with Gasteiger partial charge in [-0.3, -0.25) is 10.1 Å². The SMILES string of the molecule is CCOc1cnc(-c2cc(-c3ccc(N4CCOCC4)cc3)nc(OCc3cc([N+](=O)[O-])sc3C(=O)OC)c2C#N)o1. The second-order valence-corrected chi connectivity index (χ2v) is 9.92. The first-order valence-corrected chi connectivity index (χ1v) is 13.7. The highest BCUT2D eigenvalue weighted by Gasteiger charge is 2.25. The molecule has 1 aliphatic rings. The number of carbonyl (C=O) groups is 1. The summed E-state index contributed by atoms with van der Waals surface area (Å²) in [4.78, 5) is 34.2. The molecule has 1 fully saturated rings. The third kappa shape index (κ3) is 6.02. The standard InChI is InChI=1S/C28H25N5O8S/c1-3-39-24-15-30-26(41-24)20-13-22(17-4-6-19(7-5-17)32-8-10-38-11-9-32)31-27(21(20)14-29)40-16-18-12-23(33(35)36)42-25(18)28(34)37-2/h4-7,12-13,15H,3,8-11,16H2,1-2H3. The first kappa shape index (κ1) is 28.5. The van der Waals surface area contributed by atoms with E-state index in [2.05, 4.69) is 20.9 Å². The van der Waals surface area contributed by atoms with Crippen molar-refractivity contribution in [3.63, 3.8) is 0 Å². The van der Waals surface area contributed by atoms with Gasteiger partial charge < -0.3 is 28.3 Å². The highest BCUT2D eigenvalue weighted by atomic mass is 32.1. The van der Waals surface area contributed by atoms with Gasteiger partial charge in [0.1, 0.15) is 29.3 Å². The summed E-state index contributed by atoms with van der Waals surface area (Å²) >= 11 is 0.676. The zero-order chi connectivity index (χ0) is 29.6. The lowest BCUT2D eigenvalue weighted by Gasteiger charge is -2.28. The lowest BCUT2D eigenvalue weighted by atomic mass is 10.0. The van der Waals surface area contributed by atoms with Crippen molar-refractivity contribution in [3.05, 3.63) is 68.7 Å². The van der Waals surface area contributed by atoms with E-state index < -0.39 is 10.9 Å².